The van der Waals surface area contributed by atoms with Gasteiger partial charge in [-0.3, -0.25) is 14.2 Å². The summed E-state index contributed by atoms with van der Waals surface area (Å²) in [6, 6.07) is 16.4. The van der Waals surface area contributed by atoms with Crippen molar-refractivity contribution in [1.29, 1.82) is 0 Å². The second-order valence-corrected chi connectivity index (χ2v) is 11.6. The summed E-state index contributed by atoms with van der Waals surface area (Å²) in [6.07, 6.45) is 3.22. The van der Waals surface area contributed by atoms with Crippen molar-refractivity contribution in [2.45, 2.75) is 19.9 Å². The van der Waals surface area contributed by atoms with Gasteiger partial charge in [-0.05, 0) is 53.4 Å². The highest BCUT2D eigenvalue weighted by Crippen LogP contribution is 2.39. The molecule has 9 nitrogen and oxygen atoms in total. The van der Waals surface area contributed by atoms with E-state index in [1.807, 2.05) is 43.3 Å². The maximum Gasteiger partial charge on any atom is 0.265 e. The first-order chi connectivity index (χ1) is 18.1. The van der Waals surface area contributed by atoms with E-state index in [9.17, 15) is 18.0 Å². The molecule has 0 unspecified atom stereocenters. The number of primary amides is 1. The molecule has 2 aromatic heterocycles. The summed E-state index contributed by atoms with van der Waals surface area (Å²) in [5.74, 6) is -0.570. The molecule has 1 amide bonds. The van der Waals surface area contributed by atoms with Crippen LogP contribution in [0, 0.1) is 6.92 Å². The lowest BCUT2D eigenvalue weighted by atomic mass is 9.92. The van der Waals surface area contributed by atoms with Gasteiger partial charge in [-0.2, -0.15) is 4.31 Å². The average Bonchev–Trinajstić information content (AvgIpc) is 3.27. The number of para-hydroxylation sites is 1. The van der Waals surface area contributed by atoms with Crippen molar-refractivity contribution < 1.29 is 13.2 Å². The van der Waals surface area contributed by atoms with Crippen molar-refractivity contribution in [2.75, 3.05) is 12.8 Å². The number of carbonyl (C=O) groups excluding carboxylic acids is 1. The second-order valence-electron chi connectivity index (χ2n) is 9.59. The molecule has 0 atom stereocenters. The van der Waals surface area contributed by atoms with E-state index in [1.165, 1.54) is 21.5 Å². The van der Waals surface area contributed by atoms with Gasteiger partial charge in [0.05, 0.1) is 33.9 Å². The van der Waals surface area contributed by atoms with Crippen molar-refractivity contribution in [3.63, 3.8) is 0 Å². The molecule has 0 saturated carbocycles. The van der Waals surface area contributed by atoms with Gasteiger partial charge < -0.3 is 10.7 Å². The number of fused-ring (bicyclic) bond motifs is 4. The maximum absolute atomic E-state index is 13.3. The molecule has 10 heteroatoms. The molecule has 0 radical (unpaired) electrons. The number of carbonyl (C=O) groups is 1. The van der Waals surface area contributed by atoms with Gasteiger partial charge in [0, 0.05) is 30.6 Å². The molecule has 3 heterocycles. The zero-order chi connectivity index (χ0) is 26.8. The number of nitrogens with zero attached hydrogens (tertiary/aromatic N) is 3. The van der Waals surface area contributed by atoms with Crippen LogP contribution >= 0.6 is 0 Å². The zero-order valence-corrected chi connectivity index (χ0v) is 21.7. The van der Waals surface area contributed by atoms with Gasteiger partial charge >= 0.3 is 0 Å². The predicted octanol–water partition coefficient (Wildman–Crippen LogP) is 3.26. The number of amides is 1. The van der Waals surface area contributed by atoms with Gasteiger partial charge in [0.25, 0.3) is 11.5 Å². The number of nitrogens with two attached hydrogens (primary N) is 1. The molecule has 192 valence electrons. The monoisotopic (exact) mass is 527 g/mol. The fourth-order valence-electron chi connectivity index (χ4n) is 5.43. The van der Waals surface area contributed by atoms with Crippen LogP contribution in [0.4, 0.5) is 0 Å². The minimum absolute atomic E-state index is 0.173. The minimum Gasteiger partial charge on any atom is -0.366 e. The predicted molar refractivity (Wildman–Crippen MR) is 147 cm³/mol. The highest BCUT2D eigenvalue weighted by molar-refractivity contribution is 7.88. The smallest absolute Gasteiger partial charge is 0.265 e. The third-order valence-corrected chi connectivity index (χ3v) is 8.60. The molecule has 0 bridgehead atoms. The number of benzene rings is 3. The Morgan fingerprint density at radius 2 is 1.84 bits per heavy atom. The Morgan fingerprint density at radius 3 is 2.61 bits per heavy atom. The van der Waals surface area contributed by atoms with Gasteiger partial charge in [0.15, 0.2) is 0 Å². The Balaban J connectivity index is 1.60. The molecular weight excluding hydrogens is 502 g/mol. The van der Waals surface area contributed by atoms with E-state index >= 15 is 0 Å². The molecule has 3 aromatic carbocycles. The first kappa shape index (κ1) is 24.1. The number of aromatic nitrogens is 3. The standard InChI is InChI=1S/C28H25N5O4S/c1-16-17(7-5-9-24(16)33-15-30-22-8-4-3-6-19(22)28(33)35)18-10-11-20(27(29)34)26-25(18)21-14-32(38(2,36)37)13-12-23(21)31-26/h3-11,15,31H,12-14H2,1-2H3,(H2,29,34). The number of hydrogen-bond acceptors (Lipinski definition) is 5. The normalized spacial score (nSPS) is 14.2. The first-order valence-corrected chi connectivity index (χ1v) is 14.0. The Morgan fingerprint density at radius 1 is 1.05 bits per heavy atom. The van der Waals surface area contributed by atoms with E-state index in [0.29, 0.717) is 40.6 Å². The second kappa shape index (κ2) is 8.64. The highest BCUT2D eigenvalue weighted by atomic mass is 32.2. The third kappa shape index (κ3) is 3.72. The molecule has 1 aliphatic rings. The van der Waals surface area contributed by atoms with Crippen LogP contribution in [-0.4, -0.2) is 46.0 Å². The zero-order valence-electron chi connectivity index (χ0n) is 20.9. The van der Waals surface area contributed by atoms with E-state index in [1.54, 1.807) is 18.2 Å². The average molecular weight is 528 g/mol. The summed E-state index contributed by atoms with van der Waals surface area (Å²) in [4.78, 5) is 33.5. The van der Waals surface area contributed by atoms with E-state index in [4.69, 9.17) is 5.73 Å². The van der Waals surface area contributed by atoms with E-state index in [0.717, 1.165) is 33.3 Å². The van der Waals surface area contributed by atoms with Gasteiger partial charge in [-0.15, -0.1) is 0 Å². The van der Waals surface area contributed by atoms with Gasteiger partial charge in [-0.25, -0.2) is 13.4 Å². The Labute approximate surface area is 218 Å². The molecule has 0 saturated heterocycles. The number of nitrogens with one attached hydrogen (secondary N) is 1. The van der Waals surface area contributed by atoms with Crippen LogP contribution in [0.25, 0.3) is 38.6 Å². The van der Waals surface area contributed by atoms with E-state index in [-0.39, 0.29) is 12.1 Å². The molecule has 38 heavy (non-hydrogen) atoms. The maximum atomic E-state index is 13.3. The SMILES string of the molecule is Cc1c(-c2ccc(C(N)=O)c3[nH]c4c(c23)CN(S(C)(=O)=O)CC4)cccc1-n1cnc2ccccc2c1=O. The van der Waals surface area contributed by atoms with Crippen LogP contribution in [0.1, 0.15) is 27.2 Å². The van der Waals surface area contributed by atoms with Crippen LogP contribution in [0.2, 0.25) is 0 Å². The molecule has 0 spiro atoms. The number of sulfonamides is 1. The molecular formula is C28H25N5O4S. The molecule has 0 fully saturated rings. The molecule has 0 aliphatic carbocycles. The van der Waals surface area contributed by atoms with Gasteiger partial charge in [-0.1, -0.05) is 30.3 Å². The van der Waals surface area contributed by atoms with Crippen molar-refractivity contribution in [1.82, 2.24) is 18.8 Å². The van der Waals surface area contributed by atoms with Crippen LogP contribution < -0.4 is 11.3 Å². The quantitative estimate of drug-likeness (QED) is 0.370. The fourth-order valence-corrected chi connectivity index (χ4v) is 6.22. The Kier molecular flexibility index (Phi) is 5.48. The summed E-state index contributed by atoms with van der Waals surface area (Å²) in [7, 11) is -3.41. The Bertz CT molecular complexity index is 1960. The summed E-state index contributed by atoms with van der Waals surface area (Å²) in [6.45, 7) is 2.48. The molecule has 3 N–H and O–H groups in total. The lowest BCUT2D eigenvalue weighted by Gasteiger charge is -2.25. The highest BCUT2D eigenvalue weighted by Gasteiger charge is 2.29. The van der Waals surface area contributed by atoms with E-state index in [2.05, 4.69) is 9.97 Å². The summed E-state index contributed by atoms with van der Waals surface area (Å²) < 4.78 is 27.7. The number of aromatic amines is 1. The first-order valence-electron chi connectivity index (χ1n) is 12.1. The lowest BCUT2D eigenvalue weighted by molar-refractivity contribution is 0.100. The largest absolute Gasteiger partial charge is 0.366 e. The lowest BCUT2D eigenvalue weighted by Crippen LogP contribution is -2.34. The summed E-state index contributed by atoms with van der Waals surface area (Å²) in [5.41, 5.74) is 12.0. The summed E-state index contributed by atoms with van der Waals surface area (Å²) in [5, 5.41) is 1.28. The molecule has 1 aliphatic heterocycles. The van der Waals surface area contributed by atoms with Crippen LogP contribution in [0.15, 0.2) is 65.7 Å². The number of hydrogen-bond donors (Lipinski definition) is 2. The third-order valence-electron chi connectivity index (χ3n) is 7.35. The van der Waals surface area contributed by atoms with Gasteiger partial charge in [0.1, 0.15) is 6.33 Å². The van der Waals surface area contributed by atoms with Gasteiger partial charge in [0.2, 0.25) is 10.0 Å². The summed E-state index contributed by atoms with van der Waals surface area (Å²) >= 11 is 0. The Hall–Kier alpha value is -4.28. The molecule has 5 aromatic rings. The number of H-pyrrole nitrogens is 1. The van der Waals surface area contributed by atoms with Crippen molar-refractivity contribution in [3.8, 4) is 16.8 Å². The van der Waals surface area contributed by atoms with Crippen LogP contribution in [0.3, 0.4) is 0 Å². The van der Waals surface area contributed by atoms with Crippen LogP contribution in [-0.2, 0) is 23.0 Å². The fraction of sp³-hybridized carbons (Fsp3) is 0.179. The topological polar surface area (TPSA) is 131 Å². The van der Waals surface area contributed by atoms with E-state index < -0.39 is 15.9 Å². The van der Waals surface area contributed by atoms with Crippen molar-refractivity contribution in [2.24, 2.45) is 5.73 Å². The number of rotatable bonds is 4. The van der Waals surface area contributed by atoms with Crippen molar-refractivity contribution in [3.05, 3.63) is 93.7 Å². The molecule has 6 rings (SSSR count). The van der Waals surface area contributed by atoms with Crippen molar-refractivity contribution >= 4 is 37.7 Å². The van der Waals surface area contributed by atoms with Crippen LogP contribution in [0.5, 0.6) is 0 Å². The minimum atomic E-state index is -3.41.